The van der Waals surface area contributed by atoms with Gasteiger partial charge in [-0.2, -0.15) is 87.8 Å². The molecule has 23 heteroatoms. The van der Waals surface area contributed by atoms with Crippen LogP contribution in [0.2, 0.25) is 0 Å². The lowest BCUT2D eigenvalue weighted by molar-refractivity contribution is -0.469. The zero-order valence-corrected chi connectivity index (χ0v) is 20.0. The van der Waals surface area contributed by atoms with E-state index in [2.05, 4.69) is 4.74 Å². The van der Waals surface area contributed by atoms with Crippen LogP contribution in [0.25, 0.3) is 0 Å². The maximum atomic E-state index is 13.9. The SMILES string of the molecule is Cc1ccc(C(=O)OCC(F)(F)C(F)(F)C(F)(F)C(F)(F)C(F)(F)C(F)(F)C(F)(F)C(F)(F)C(F)(F)C(F)(F)CF)cc1. The second-order valence-corrected chi connectivity index (χ2v) is 8.58. The van der Waals surface area contributed by atoms with Crippen LogP contribution in [-0.4, -0.2) is 78.5 Å². The van der Waals surface area contributed by atoms with Gasteiger partial charge in [0.1, 0.15) is 0 Å². The van der Waals surface area contributed by atoms with E-state index in [1.165, 1.54) is 6.92 Å². The lowest BCUT2D eigenvalue weighted by atomic mass is 9.85. The highest BCUT2D eigenvalue weighted by Crippen LogP contribution is 2.66. The Morgan fingerprint density at radius 2 is 0.791 bits per heavy atom. The van der Waals surface area contributed by atoms with Crippen molar-refractivity contribution in [3.8, 4) is 0 Å². The van der Waals surface area contributed by atoms with Gasteiger partial charge in [0.05, 0.1) is 5.56 Å². The number of aryl methyl sites for hydroxylation is 1. The first-order valence-corrected chi connectivity index (χ1v) is 10.3. The number of rotatable bonds is 13. The number of alkyl halides is 21. The molecule has 0 unspecified atom stereocenters. The van der Waals surface area contributed by atoms with E-state index in [1.54, 1.807) is 0 Å². The molecule has 1 aromatic carbocycles. The Hall–Kier alpha value is -2.78. The van der Waals surface area contributed by atoms with Crippen molar-refractivity contribution >= 4 is 5.97 Å². The zero-order valence-electron chi connectivity index (χ0n) is 20.0. The minimum atomic E-state index is -9.20. The van der Waals surface area contributed by atoms with Crippen LogP contribution < -0.4 is 0 Å². The molecule has 1 aromatic rings. The molecular weight excluding hydrogens is 671 g/mol. The molecule has 0 saturated carbocycles. The topological polar surface area (TPSA) is 26.3 Å². The van der Waals surface area contributed by atoms with Crippen molar-refractivity contribution in [3.63, 3.8) is 0 Å². The van der Waals surface area contributed by atoms with E-state index >= 15 is 0 Å². The Balaban J connectivity index is 3.59. The van der Waals surface area contributed by atoms with E-state index in [0.717, 1.165) is 24.3 Å². The number of ether oxygens (including phenoxy) is 1. The molecule has 0 atom stereocenters. The number of hydrogen-bond donors (Lipinski definition) is 0. The summed E-state index contributed by atoms with van der Waals surface area (Å²) in [6.07, 6.45) is 0. The van der Waals surface area contributed by atoms with E-state index in [9.17, 15) is 97.0 Å². The van der Waals surface area contributed by atoms with E-state index in [0.29, 0.717) is 5.56 Å². The lowest BCUT2D eigenvalue weighted by Crippen LogP contribution is -2.77. The van der Waals surface area contributed by atoms with Gasteiger partial charge in [0.15, 0.2) is 13.3 Å². The fraction of sp³-hybridized carbons (Fsp3) is 0.650. The van der Waals surface area contributed by atoms with Crippen LogP contribution in [0.4, 0.5) is 92.2 Å². The summed E-state index contributed by atoms with van der Waals surface area (Å²) >= 11 is 0. The summed E-state index contributed by atoms with van der Waals surface area (Å²) in [7, 11) is 0. The number of carbonyl (C=O) groups excluding carboxylic acids is 1. The van der Waals surface area contributed by atoms with Crippen LogP contribution in [0.3, 0.4) is 0 Å². The lowest BCUT2D eigenvalue weighted by Gasteiger charge is -2.44. The standard InChI is InChI=1S/C20H11F21O2/c1-8-2-4-9(5-3-8)10(42)43-7-12(24,25)14(28,29)16(32,33)18(36,37)20(40,41)19(38,39)17(34,35)15(30,31)13(26,27)11(22,23)6-21/h2-5H,6-7H2,1H3. The largest absolute Gasteiger partial charge is 0.455 e. The molecule has 0 aliphatic rings. The number of benzene rings is 1. The summed E-state index contributed by atoms with van der Waals surface area (Å²) < 4.78 is 287. The first kappa shape index (κ1) is 38.2. The van der Waals surface area contributed by atoms with Gasteiger partial charge in [-0.3, -0.25) is 0 Å². The van der Waals surface area contributed by atoms with Crippen LogP contribution >= 0.6 is 0 Å². The van der Waals surface area contributed by atoms with Gasteiger partial charge in [-0.25, -0.2) is 9.18 Å². The minimum Gasteiger partial charge on any atom is -0.455 e. The summed E-state index contributed by atoms with van der Waals surface area (Å²) in [5, 5.41) is 0. The monoisotopic (exact) mass is 682 g/mol. The molecule has 0 N–H and O–H groups in total. The van der Waals surface area contributed by atoms with Gasteiger partial charge in [0, 0.05) is 0 Å². The molecule has 2 nitrogen and oxygen atoms in total. The molecule has 0 radical (unpaired) electrons. The average molecular weight is 682 g/mol. The summed E-state index contributed by atoms with van der Waals surface area (Å²) in [4.78, 5) is 11.6. The second-order valence-electron chi connectivity index (χ2n) is 8.58. The molecular formula is C20H11F21O2. The van der Waals surface area contributed by atoms with Crippen molar-refractivity contribution in [2.45, 2.75) is 66.1 Å². The van der Waals surface area contributed by atoms with E-state index < -0.39 is 84.0 Å². The van der Waals surface area contributed by atoms with E-state index in [-0.39, 0.29) is 0 Å². The second kappa shape index (κ2) is 10.7. The Morgan fingerprint density at radius 1 is 0.512 bits per heavy atom. The zero-order chi connectivity index (χ0) is 34.7. The number of hydrogen-bond acceptors (Lipinski definition) is 2. The van der Waals surface area contributed by atoms with E-state index in [4.69, 9.17) is 0 Å². The molecule has 0 fully saturated rings. The predicted octanol–water partition coefficient (Wildman–Crippen LogP) is 8.47. The van der Waals surface area contributed by atoms with Crippen LogP contribution in [0.1, 0.15) is 15.9 Å². The third kappa shape index (κ3) is 5.30. The molecule has 250 valence electrons. The summed E-state index contributed by atoms with van der Waals surface area (Å²) in [6.45, 7) is -6.20. The minimum absolute atomic E-state index is 0.358. The Bertz CT molecular complexity index is 1160. The van der Waals surface area contributed by atoms with Gasteiger partial charge in [0.25, 0.3) is 0 Å². The molecule has 1 rings (SSSR count). The quantitative estimate of drug-likeness (QED) is 0.154. The maximum absolute atomic E-state index is 13.9. The molecule has 0 aliphatic heterocycles. The van der Waals surface area contributed by atoms with Gasteiger partial charge < -0.3 is 4.74 Å². The highest BCUT2D eigenvalue weighted by molar-refractivity contribution is 5.89. The molecule has 43 heavy (non-hydrogen) atoms. The molecule has 0 aromatic heterocycles. The van der Waals surface area contributed by atoms with Gasteiger partial charge >= 0.3 is 65.2 Å². The van der Waals surface area contributed by atoms with Crippen molar-refractivity contribution in [2.24, 2.45) is 0 Å². The maximum Gasteiger partial charge on any atom is 0.385 e. The van der Waals surface area contributed by atoms with Gasteiger partial charge in [-0.1, -0.05) is 17.7 Å². The van der Waals surface area contributed by atoms with Crippen molar-refractivity contribution in [3.05, 3.63) is 35.4 Å². The first-order chi connectivity index (χ1) is 18.7. The van der Waals surface area contributed by atoms with Crippen molar-refractivity contribution in [2.75, 3.05) is 13.3 Å². The number of esters is 1. The average Bonchev–Trinajstić information content (AvgIpc) is 2.86. The molecule has 0 aliphatic carbocycles. The first-order valence-electron chi connectivity index (χ1n) is 10.3. The molecule has 0 amide bonds. The number of halogens is 21. The van der Waals surface area contributed by atoms with Crippen LogP contribution in [-0.2, 0) is 4.74 Å². The molecule has 0 saturated heterocycles. The van der Waals surface area contributed by atoms with Crippen molar-refractivity contribution in [1.82, 2.24) is 0 Å². The van der Waals surface area contributed by atoms with Gasteiger partial charge in [0.2, 0.25) is 0 Å². The predicted molar refractivity (Wildman–Crippen MR) is 96.9 cm³/mol. The molecule has 0 heterocycles. The highest BCUT2D eigenvalue weighted by atomic mass is 19.4. The Morgan fingerprint density at radius 3 is 1.09 bits per heavy atom. The summed E-state index contributed by atoms with van der Waals surface area (Å²) in [5.74, 6) is -86.7. The van der Waals surface area contributed by atoms with Gasteiger partial charge in [-0.05, 0) is 19.1 Å². The highest BCUT2D eigenvalue weighted by Gasteiger charge is 2.97. The molecule has 0 bridgehead atoms. The Kier molecular flexibility index (Phi) is 9.50. The van der Waals surface area contributed by atoms with Crippen molar-refractivity contribution in [1.29, 1.82) is 0 Å². The molecule has 0 spiro atoms. The van der Waals surface area contributed by atoms with Crippen LogP contribution in [0, 0.1) is 6.92 Å². The fourth-order valence-electron chi connectivity index (χ4n) is 2.75. The number of carbonyl (C=O) groups is 1. The van der Waals surface area contributed by atoms with Gasteiger partial charge in [-0.15, -0.1) is 0 Å². The van der Waals surface area contributed by atoms with Crippen molar-refractivity contribution < 1.29 is 102 Å². The fourth-order valence-corrected chi connectivity index (χ4v) is 2.75. The third-order valence-electron chi connectivity index (χ3n) is 5.52. The summed E-state index contributed by atoms with van der Waals surface area (Å²) in [5.41, 5.74) is -0.456. The third-order valence-corrected chi connectivity index (χ3v) is 5.52. The van der Waals surface area contributed by atoms with Crippen LogP contribution in [0.15, 0.2) is 24.3 Å². The normalized spacial score (nSPS) is 15.5. The summed E-state index contributed by atoms with van der Waals surface area (Å²) in [6, 6.07) is 3.52. The smallest absolute Gasteiger partial charge is 0.385 e. The van der Waals surface area contributed by atoms with Crippen LogP contribution in [0.5, 0.6) is 0 Å². The Labute approximate surface area is 223 Å². The van der Waals surface area contributed by atoms with E-state index in [1.807, 2.05) is 0 Å².